The Morgan fingerprint density at radius 1 is 1.40 bits per heavy atom. The molecule has 62 valence electrons. The molecule has 1 rings (SSSR count). The fourth-order valence-corrected chi connectivity index (χ4v) is 1.33. The smallest absolute Gasteiger partial charge is 0.0580 e. The highest BCUT2D eigenvalue weighted by atomic mass is 35.5. The number of nitrogens with two attached hydrogens (primary N) is 1. The Kier molecular flexibility index (Phi) is 4.25. The van der Waals surface area contributed by atoms with Crippen molar-refractivity contribution in [2.45, 2.75) is 38.3 Å². The van der Waals surface area contributed by atoms with E-state index in [4.69, 9.17) is 5.73 Å². The van der Waals surface area contributed by atoms with Crippen LogP contribution in [0.15, 0.2) is 0 Å². The van der Waals surface area contributed by atoms with E-state index in [9.17, 15) is 5.11 Å². The summed E-state index contributed by atoms with van der Waals surface area (Å²) in [5, 5.41) is 9.27. The van der Waals surface area contributed by atoms with E-state index in [1.165, 1.54) is 0 Å². The van der Waals surface area contributed by atoms with Gasteiger partial charge in [0.25, 0.3) is 0 Å². The van der Waals surface area contributed by atoms with Crippen LogP contribution >= 0.6 is 12.4 Å². The van der Waals surface area contributed by atoms with Crippen LogP contribution in [0.3, 0.4) is 0 Å². The second-order valence-corrected chi connectivity index (χ2v) is 3.12. The molecule has 1 fully saturated rings. The summed E-state index contributed by atoms with van der Waals surface area (Å²) in [7, 11) is 0. The highest BCUT2D eigenvalue weighted by molar-refractivity contribution is 5.85. The molecule has 3 N–H and O–H groups in total. The van der Waals surface area contributed by atoms with Gasteiger partial charge in [-0.2, -0.15) is 0 Å². The molecule has 0 heterocycles. The fourth-order valence-electron chi connectivity index (χ4n) is 1.33. The van der Waals surface area contributed by atoms with E-state index in [1.54, 1.807) is 0 Å². The summed E-state index contributed by atoms with van der Waals surface area (Å²) in [5.41, 5.74) is 5.63. The Morgan fingerprint density at radius 2 is 2.00 bits per heavy atom. The van der Waals surface area contributed by atoms with Gasteiger partial charge in [0.2, 0.25) is 0 Å². The third-order valence-corrected chi connectivity index (χ3v) is 2.19. The number of halogens is 1. The first-order valence-corrected chi connectivity index (χ1v) is 3.64. The van der Waals surface area contributed by atoms with Crippen molar-refractivity contribution in [3.63, 3.8) is 0 Å². The molecule has 0 aromatic carbocycles. The van der Waals surface area contributed by atoms with Gasteiger partial charge in [0.15, 0.2) is 0 Å². The molecular weight excluding hydrogens is 150 g/mol. The predicted octanol–water partition coefficient (Wildman–Crippen LogP) is 0.916. The lowest BCUT2D eigenvalue weighted by Gasteiger charge is -2.28. The molecule has 3 heteroatoms. The van der Waals surface area contributed by atoms with Gasteiger partial charge < -0.3 is 10.8 Å². The molecule has 1 aliphatic carbocycles. The van der Waals surface area contributed by atoms with Crippen molar-refractivity contribution in [3.8, 4) is 0 Å². The molecule has 2 unspecified atom stereocenters. The second-order valence-electron chi connectivity index (χ2n) is 3.12. The van der Waals surface area contributed by atoms with Gasteiger partial charge in [-0.1, -0.05) is 6.92 Å². The monoisotopic (exact) mass is 165 g/mol. The summed E-state index contributed by atoms with van der Waals surface area (Å²) in [6.45, 7) is 2.08. The number of hydrogen-bond donors (Lipinski definition) is 2. The van der Waals surface area contributed by atoms with Crippen LogP contribution in [-0.4, -0.2) is 17.3 Å². The summed E-state index contributed by atoms with van der Waals surface area (Å²) < 4.78 is 0. The zero-order valence-corrected chi connectivity index (χ0v) is 7.10. The van der Waals surface area contributed by atoms with Gasteiger partial charge in [0.05, 0.1) is 6.10 Å². The number of aliphatic hydroxyl groups excluding tert-OH is 1. The van der Waals surface area contributed by atoms with E-state index >= 15 is 0 Å². The summed E-state index contributed by atoms with van der Waals surface area (Å²) in [4.78, 5) is 0. The summed E-state index contributed by atoms with van der Waals surface area (Å²) in [6.07, 6.45) is 2.82. The molecule has 1 aliphatic rings. The van der Waals surface area contributed by atoms with Crippen molar-refractivity contribution in [3.05, 3.63) is 0 Å². The Balaban J connectivity index is 0.000000810. The van der Waals surface area contributed by atoms with E-state index in [0.717, 1.165) is 19.3 Å². The minimum atomic E-state index is -0.145. The van der Waals surface area contributed by atoms with Gasteiger partial charge in [0.1, 0.15) is 0 Å². The molecule has 0 aliphatic heterocycles. The van der Waals surface area contributed by atoms with Crippen LogP contribution in [0.5, 0.6) is 0 Å². The van der Waals surface area contributed by atoms with E-state index in [-0.39, 0.29) is 24.6 Å². The molecule has 3 atom stereocenters. The van der Waals surface area contributed by atoms with Crippen LogP contribution in [0.25, 0.3) is 0 Å². The number of aliphatic hydroxyl groups is 1. The molecule has 0 aromatic heterocycles. The maximum atomic E-state index is 9.27. The molecule has 2 nitrogen and oxygen atoms in total. The van der Waals surface area contributed by atoms with E-state index in [0.29, 0.717) is 5.92 Å². The lowest BCUT2D eigenvalue weighted by Crippen LogP contribution is -2.35. The Labute approximate surface area is 68.2 Å². The highest BCUT2D eigenvalue weighted by Gasteiger charge is 2.22. The minimum absolute atomic E-state index is 0. The quantitative estimate of drug-likeness (QED) is 0.561. The van der Waals surface area contributed by atoms with Gasteiger partial charge in [-0.05, 0) is 25.2 Å². The summed E-state index contributed by atoms with van der Waals surface area (Å²) >= 11 is 0. The van der Waals surface area contributed by atoms with E-state index < -0.39 is 0 Å². The molecule has 0 amide bonds. The van der Waals surface area contributed by atoms with E-state index in [2.05, 4.69) is 6.92 Å². The van der Waals surface area contributed by atoms with Crippen molar-refractivity contribution >= 4 is 12.4 Å². The van der Waals surface area contributed by atoms with Crippen LogP contribution in [0, 0.1) is 5.92 Å². The van der Waals surface area contributed by atoms with Crippen molar-refractivity contribution in [1.29, 1.82) is 0 Å². The van der Waals surface area contributed by atoms with Gasteiger partial charge in [-0.15, -0.1) is 12.4 Å². The first-order valence-electron chi connectivity index (χ1n) is 3.64. The molecule has 10 heavy (non-hydrogen) atoms. The molecule has 0 bridgehead atoms. The van der Waals surface area contributed by atoms with Crippen molar-refractivity contribution in [1.82, 2.24) is 0 Å². The lowest BCUT2D eigenvalue weighted by molar-refractivity contribution is 0.0708. The normalized spacial score (nSPS) is 40.5. The standard InChI is InChI=1S/C7H15NO.ClH/c1-5-2-3-6(8)4-7(5)9;/h5-7,9H,2-4,8H2,1H3;1H/t5?,6?,7-;/m1./s1. The molecule has 1 saturated carbocycles. The summed E-state index contributed by atoms with van der Waals surface area (Å²) in [5.74, 6) is 0.463. The van der Waals surface area contributed by atoms with Crippen molar-refractivity contribution in [2.24, 2.45) is 11.7 Å². The van der Waals surface area contributed by atoms with Crippen LogP contribution < -0.4 is 5.73 Å². The number of rotatable bonds is 0. The Bertz CT molecular complexity index is 99.6. The molecule has 0 aromatic rings. The topological polar surface area (TPSA) is 46.2 Å². The van der Waals surface area contributed by atoms with Gasteiger partial charge >= 0.3 is 0 Å². The van der Waals surface area contributed by atoms with Crippen LogP contribution in [0.4, 0.5) is 0 Å². The average Bonchev–Trinajstić information content (AvgIpc) is 1.80. The maximum absolute atomic E-state index is 9.27. The number of hydrogen-bond acceptors (Lipinski definition) is 2. The average molecular weight is 166 g/mol. The lowest BCUT2D eigenvalue weighted by atomic mass is 9.85. The van der Waals surface area contributed by atoms with Crippen molar-refractivity contribution in [2.75, 3.05) is 0 Å². The predicted molar refractivity (Wildman–Crippen MR) is 44.2 cm³/mol. The van der Waals surface area contributed by atoms with Crippen LogP contribution in [0.1, 0.15) is 26.2 Å². The summed E-state index contributed by atoms with van der Waals surface area (Å²) in [6, 6.07) is 0.246. The van der Waals surface area contributed by atoms with Gasteiger partial charge in [-0.25, -0.2) is 0 Å². The third-order valence-electron chi connectivity index (χ3n) is 2.19. The maximum Gasteiger partial charge on any atom is 0.0580 e. The zero-order valence-electron chi connectivity index (χ0n) is 6.29. The fraction of sp³-hybridized carbons (Fsp3) is 1.00. The molecule has 0 saturated heterocycles. The largest absolute Gasteiger partial charge is 0.393 e. The Morgan fingerprint density at radius 3 is 2.40 bits per heavy atom. The third kappa shape index (κ3) is 2.45. The zero-order chi connectivity index (χ0) is 6.85. The van der Waals surface area contributed by atoms with Crippen molar-refractivity contribution < 1.29 is 5.11 Å². The van der Waals surface area contributed by atoms with E-state index in [1.807, 2.05) is 0 Å². The van der Waals surface area contributed by atoms with Gasteiger partial charge in [-0.3, -0.25) is 0 Å². The van der Waals surface area contributed by atoms with Crippen LogP contribution in [0.2, 0.25) is 0 Å². The first kappa shape index (κ1) is 10.2. The molecule has 0 spiro atoms. The van der Waals surface area contributed by atoms with Gasteiger partial charge in [0, 0.05) is 6.04 Å². The SMILES string of the molecule is CC1CCC(N)C[C@H]1O.Cl. The highest BCUT2D eigenvalue weighted by Crippen LogP contribution is 2.22. The molecular formula is C7H16ClNO. The second kappa shape index (κ2) is 4.16. The van der Waals surface area contributed by atoms with Crippen LogP contribution in [-0.2, 0) is 0 Å². The molecule has 0 radical (unpaired) electrons. The Hall–Kier alpha value is 0.210. The minimum Gasteiger partial charge on any atom is -0.393 e. The first-order chi connectivity index (χ1) is 4.20.